The molecule has 7 heteroatoms. The van der Waals surface area contributed by atoms with E-state index < -0.39 is 5.60 Å². The first-order valence-electron chi connectivity index (χ1n) is 10.3. The Labute approximate surface area is 176 Å². The molecule has 0 aromatic heterocycles. The van der Waals surface area contributed by atoms with Gasteiger partial charge in [-0.1, -0.05) is 29.8 Å². The lowest BCUT2D eigenvalue weighted by atomic mass is 9.78. The summed E-state index contributed by atoms with van der Waals surface area (Å²) < 4.78 is 22.3. The summed E-state index contributed by atoms with van der Waals surface area (Å²) in [7, 11) is -0.245. The highest BCUT2D eigenvalue weighted by Gasteiger charge is 2.51. The Kier molecular flexibility index (Phi) is 7.41. The second-order valence-corrected chi connectivity index (χ2v) is 9.58. The second-order valence-electron chi connectivity index (χ2n) is 9.58. The van der Waals surface area contributed by atoms with Crippen molar-refractivity contribution in [2.75, 3.05) is 26.3 Å². The first-order chi connectivity index (χ1) is 13.3. The molecule has 2 aliphatic rings. The van der Waals surface area contributed by atoms with Crippen molar-refractivity contribution in [3.63, 3.8) is 0 Å². The van der Waals surface area contributed by atoms with Crippen LogP contribution in [0.3, 0.4) is 0 Å². The van der Waals surface area contributed by atoms with Gasteiger partial charge in [0.05, 0.1) is 24.4 Å². The number of aryl methyl sites for hydroxylation is 1. The van der Waals surface area contributed by atoms with E-state index in [2.05, 4.69) is 52.8 Å². The van der Waals surface area contributed by atoms with Crippen LogP contribution < -0.4 is 5.46 Å². The number of benzene rings is 1. The Bertz CT molecular complexity index is 677. The minimum Gasteiger partial charge on any atom is -0.444 e. The topological polar surface area (TPSA) is 57.2 Å². The number of hydrogen-bond acceptors (Lipinski definition) is 5. The predicted octanol–water partition coefficient (Wildman–Crippen LogP) is 3.55. The molecule has 0 atom stereocenters. The lowest BCUT2D eigenvalue weighted by Gasteiger charge is -2.32. The molecule has 0 bridgehead atoms. The standard InChI is InChI=1S/C13H19BO2.C9H17NO3/c1-10-7-6-8-11(9-10)14-15-12(2,3)13(4,5)16-14;1-9(2,3)13-8(11)10-4-6-12-7-5-10/h6-9H,1-5H3;4-7H2,1-3H3. The fourth-order valence-electron chi connectivity index (χ4n) is 2.87. The average Bonchev–Trinajstić information content (AvgIpc) is 2.83. The molecule has 2 fully saturated rings. The molecule has 0 unspecified atom stereocenters. The summed E-state index contributed by atoms with van der Waals surface area (Å²) in [5.41, 5.74) is 1.39. The first-order valence-corrected chi connectivity index (χ1v) is 10.3. The lowest BCUT2D eigenvalue weighted by Crippen LogP contribution is -2.43. The van der Waals surface area contributed by atoms with Crippen LogP contribution in [0.25, 0.3) is 0 Å². The predicted molar refractivity (Wildman–Crippen MR) is 116 cm³/mol. The Balaban J connectivity index is 0.000000212. The molecular weight excluding hydrogens is 369 g/mol. The number of hydrogen-bond donors (Lipinski definition) is 0. The van der Waals surface area contributed by atoms with Crippen molar-refractivity contribution >= 4 is 18.7 Å². The highest BCUT2D eigenvalue weighted by atomic mass is 16.7. The van der Waals surface area contributed by atoms with E-state index in [1.54, 1.807) is 4.90 Å². The summed E-state index contributed by atoms with van der Waals surface area (Å²) in [6.45, 7) is 18.5. The van der Waals surface area contributed by atoms with Crippen molar-refractivity contribution in [3.8, 4) is 0 Å². The van der Waals surface area contributed by atoms with Crippen LogP contribution in [-0.4, -0.2) is 61.2 Å². The van der Waals surface area contributed by atoms with Crippen molar-refractivity contribution in [2.24, 2.45) is 0 Å². The summed E-state index contributed by atoms with van der Waals surface area (Å²) in [6.07, 6.45) is -0.240. The third-order valence-electron chi connectivity index (χ3n) is 5.23. The fourth-order valence-corrected chi connectivity index (χ4v) is 2.87. The zero-order chi connectivity index (χ0) is 21.9. The van der Waals surface area contributed by atoms with E-state index in [1.807, 2.05) is 26.8 Å². The van der Waals surface area contributed by atoms with Crippen LogP contribution in [0.15, 0.2) is 24.3 Å². The molecule has 0 saturated carbocycles. The maximum Gasteiger partial charge on any atom is 0.494 e. The van der Waals surface area contributed by atoms with Crippen molar-refractivity contribution in [2.45, 2.75) is 72.2 Å². The Hall–Kier alpha value is -1.57. The number of rotatable bonds is 1. The van der Waals surface area contributed by atoms with E-state index in [0.717, 1.165) is 5.46 Å². The third-order valence-corrected chi connectivity index (χ3v) is 5.23. The highest BCUT2D eigenvalue weighted by Crippen LogP contribution is 2.36. The summed E-state index contributed by atoms with van der Waals surface area (Å²) >= 11 is 0. The molecule has 1 amide bonds. The molecule has 0 aliphatic carbocycles. The van der Waals surface area contributed by atoms with Crippen LogP contribution in [0, 0.1) is 6.92 Å². The van der Waals surface area contributed by atoms with Crippen LogP contribution in [0.4, 0.5) is 4.79 Å². The highest BCUT2D eigenvalue weighted by molar-refractivity contribution is 6.62. The molecular formula is C22H36BNO5. The van der Waals surface area contributed by atoms with Gasteiger partial charge in [0.15, 0.2) is 0 Å². The van der Waals surface area contributed by atoms with Crippen molar-refractivity contribution in [1.29, 1.82) is 0 Å². The normalized spacial score (nSPS) is 20.7. The molecule has 0 radical (unpaired) electrons. The van der Waals surface area contributed by atoms with E-state index in [0.29, 0.717) is 26.3 Å². The molecule has 3 rings (SSSR count). The van der Waals surface area contributed by atoms with Gasteiger partial charge in [-0.25, -0.2) is 4.79 Å². The number of nitrogens with zero attached hydrogens (tertiary/aromatic N) is 1. The van der Waals surface area contributed by atoms with Gasteiger partial charge in [-0.15, -0.1) is 0 Å². The average molecular weight is 405 g/mol. The summed E-state index contributed by atoms with van der Waals surface area (Å²) in [4.78, 5) is 13.1. The quantitative estimate of drug-likeness (QED) is 0.669. The van der Waals surface area contributed by atoms with Gasteiger partial charge < -0.3 is 23.7 Å². The summed E-state index contributed by atoms with van der Waals surface area (Å²) in [5, 5.41) is 0. The number of ether oxygens (including phenoxy) is 2. The van der Waals surface area contributed by atoms with E-state index in [4.69, 9.17) is 18.8 Å². The molecule has 2 heterocycles. The van der Waals surface area contributed by atoms with Crippen LogP contribution >= 0.6 is 0 Å². The van der Waals surface area contributed by atoms with Gasteiger partial charge >= 0.3 is 13.2 Å². The molecule has 0 N–H and O–H groups in total. The van der Waals surface area contributed by atoms with Gasteiger partial charge in [0, 0.05) is 13.1 Å². The monoisotopic (exact) mass is 405 g/mol. The fraction of sp³-hybridized carbons (Fsp3) is 0.682. The van der Waals surface area contributed by atoms with Gasteiger partial charge in [-0.2, -0.15) is 0 Å². The van der Waals surface area contributed by atoms with E-state index >= 15 is 0 Å². The Morgan fingerprint density at radius 1 is 1.07 bits per heavy atom. The molecule has 2 saturated heterocycles. The minimum atomic E-state index is -0.407. The number of carbonyl (C=O) groups excluding carboxylic acids is 1. The summed E-state index contributed by atoms with van der Waals surface area (Å²) in [6, 6.07) is 8.28. The van der Waals surface area contributed by atoms with E-state index in [9.17, 15) is 4.79 Å². The van der Waals surface area contributed by atoms with Crippen LogP contribution in [0.1, 0.15) is 54.0 Å². The molecule has 162 valence electrons. The second kappa shape index (κ2) is 9.06. The molecule has 6 nitrogen and oxygen atoms in total. The van der Waals surface area contributed by atoms with Crippen LogP contribution in [0.2, 0.25) is 0 Å². The lowest BCUT2D eigenvalue weighted by molar-refractivity contribution is -0.00677. The van der Waals surface area contributed by atoms with E-state index in [-0.39, 0.29) is 24.4 Å². The Morgan fingerprint density at radius 3 is 2.10 bits per heavy atom. The maximum absolute atomic E-state index is 11.5. The molecule has 1 aromatic carbocycles. The van der Waals surface area contributed by atoms with Gasteiger partial charge in [0.25, 0.3) is 0 Å². The molecule has 0 spiro atoms. The zero-order valence-electron chi connectivity index (χ0n) is 19.2. The SMILES string of the molecule is CC(C)(C)OC(=O)N1CCOCC1.Cc1cccc(B2OC(C)(C)C(C)(C)O2)c1. The minimum absolute atomic E-state index is 0.240. The van der Waals surface area contributed by atoms with Gasteiger partial charge in [-0.05, 0) is 60.9 Å². The largest absolute Gasteiger partial charge is 0.494 e. The molecule has 29 heavy (non-hydrogen) atoms. The maximum atomic E-state index is 11.5. The Morgan fingerprint density at radius 2 is 1.62 bits per heavy atom. The van der Waals surface area contributed by atoms with Crippen molar-refractivity contribution < 1.29 is 23.6 Å². The van der Waals surface area contributed by atoms with Crippen molar-refractivity contribution in [3.05, 3.63) is 29.8 Å². The van der Waals surface area contributed by atoms with Crippen molar-refractivity contribution in [1.82, 2.24) is 4.90 Å². The third kappa shape index (κ3) is 6.73. The van der Waals surface area contributed by atoms with Gasteiger partial charge in [0.1, 0.15) is 5.60 Å². The first kappa shape index (κ1) is 23.7. The van der Waals surface area contributed by atoms with Crippen LogP contribution in [-0.2, 0) is 18.8 Å². The smallest absolute Gasteiger partial charge is 0.444 e. The zero-order valence-corrected chi connectivity index (χ0v) is 19.2. The molecule has 2 aliphatic heterocycles. The number of morpholine rings is 1. The molecule has 1 aromatic rings. The van der Waals surface area contributed by atoms with Crippen LogP contribution in [0.5, 0.6) is 0 Å². The summed E-state index contributed by atoms with van der Waals surface area (Å²) in [5.74, 6) is 0. The number of amides is 1. The van der Waals surface area contributed by atoms with Gasteiger partial charge in [-0.3, -0.25) is 0 Å². The number of carbonyl (C=O) groups is 1. The van der Waals surface area contributed by atoms with Gasteiger partial charge in [0.2, 0.25) is 0 Å². The van der Waals surface area contributed by atoms with E-state index in [1.165, 1.54) is 5.56 Å².